The van der Waals surface area contributed by atoms with Crippen molar-refractivity contribution in [1.29, 1.82) is 0 Å². The minimum absolute atomic E-state index is 0.0166. The van der Waals surface area contributed by atoms with Crippen LogP contribution >= 0.6 is 0 Å². The Labute approximate surface area is 591 Å². The van der Waals surface area contributed by atoms with Gasteiger partial charge < -0.3 is 17.8 Å². The third-order valence-electron chi connectivity index (χ3n) is 20.1. The van der Waals surface area contributed by atoms with Crippen LogP contribution in [-0.2, 0) is 32.5 Å². The lowest BCUT2D eigenvalue weighted by molar-refractivity contribution is 0.534. The average Bonchev–Trinajstić information content (AvgIpc) is 1.54. The lowest BCUT2D eigenvalue weighted by atomic mass is 9.73. The fourth-order valence-corrected chi connectivity index (χ4v) is 15.5. The number of para-hydroxylation sites is 2. The number of furan rings is 3. The fourth-order valence-electron chi connectivity index (χ4n) is 15.5. The van der Waals surface area contributed by atoms with Crippen molar-refractivity contribution in [3.8, 4) is 50.2 Å². The number of fused-ring (bicyclic) bond motifs is 12. The van der Waals surface area contributed by atoms with E-state index in [-0.39, 0.29) is 32.5 Å². The van der Waals surface area contributed by atoms with Crippen LogP contribution in [0.25, 0.3) is 138 Å². The lowest BCUT2D eigenvalue weighted by Gasteiger charge is -2.31. The minimum atomic E-state index is -0.123. The molecular weight excluding hydrogens is 1220 g/mol. The van der Waals surface area contributed by atoms with E-state index < -0.39 is 0 Å². The summed E-state index contributed by atoms with van der Waals surface area (Å²) in [7, 11) is 0. The number of rotatable bonds is 5. The van der Waals surface area contributed by atoms with E-state index in [4.69, 9.17) is 13.3 Å². The largest absolute Gasteiger partial charge is 0.456 e. The zero-order chi connectivity index (χ0) is 70.6. The van der Waals surface area contributed by atoms with Crippen LogP contribution in [0, 0.1) is 0 Å². The molecule has 0 bridgehead atoms. The van der Waals surface area contributed by atoms with Crippen LogP contribution in [-0.4, -0.2) is 4.57 Å². The van der Waals surface area contributed by atoms with Gasteiger partial charge in [0.2, 0.25) is 0 Å². The van der Waals surface area contributed by atoms with Gasteiger partial charge in [0.15, 0.2) is 0 Å². The number of aromatic nitrogens is 1. The monoisotopic (exact) mass is 1310 g/mol. The molecule has 16 aromatic rings. The van der Waals surface area contributed by atoms with Crippen molar-refractivity contribution < 1.29 is 13.3 Å². The third-order valence-corrected chi connectivity index (χ3v) is 20.1. The predicted octanol–water partition coefficient (Wildman–Crippen LogP) is 28.3. The highest BCUT2D eigenvalue weighted by Gasteiger charge is 2.33. The number of hydrogen-bond acceptors (Lipinski definition) is 3. The van der Waals surface area contributed by atoms with Gasteiger partial charge in [-0.15, -0.1) is 0 Å². The van der Waals surface area contributed by atoms with Gasteiger partial charge in [0.05, 0.1) is 16.7 Å². The van der Waals surface area contributed by atoms with Crippen LogP contribution in [0.5, 0.6) is 0 Å². The summed E-state index contributed by atoms with van der Waals surface area (Å²) in [6.07, 6.45) is 0. The van der Waals surface area contributed by atoms with Gasteiger partial charge >= 0.3 is 0 Å². The van der Waals surface area contributed by atoms with Crippen molar-refractivity contribution in [1.82, 2.24) is 4.57 Å². The maximum Gasteiger partial charge on any atom is 0.136 e. The first-order valence-electron chi connectivity index (χ1n) is 35.7. The first-order chi connectivity index (χ1) is 47.4. The van der Waals surface area contributed by atoms with Gasteiger partial charge in [0.25, 0.3) is 0 Å². The zero-order valence-electron chi connectivity index (χ0n) is 61.8. The molecule has 12 aromatic carbocycles. The van der Waals surface area contributed by atoms with Gasteiger partial charge in [-0.1, -0.05) is 319 Å². The van der Waals surface area contributed by atoms with Crippen molar-refractivity contribution in [3.05, 3.63) is 282 Å². The molecule has 0 aliphatic rings. The first-order valence-corrected chi connectivity index (χ1v) is 35.7. The van der Waals surface area contributed by atoms with E-state index in [1.54, 1.807) is 0 Å². The minimum Gasteiger partial charge on any atom is -0.456 e. The smallest absolute Gasteiger partial charge is 0.136 e. The van der Waals surface area contributed by atoms with Gasteiger partial charge in [-0.25, -0.2) is 0 Å². The van der Waals surface area contributed by atoms with Crippen LogP contribution in [0.3, 0.4) is 0 Å². The molecule has 0 radical (unpaired) electrons. The standard InChI is InChI=1S/C36H40O.C34H27NO.C26H28O/c1-34(2,3)25-20-24(21-26(22-25)35(4,5)6)28-18-19-30-32(33(28)36(7,8)9)31-27(16-13-17-29(31)37-30)23-14-11-10-12-15-23;1-34(2,3)33-28(35-26-17-9-7-14-24(26)25-15-8-10-18-27(25)35)20-21-30-32(33)31-23(16-11-19-29(31)36-30)22-12-5-4-6-13-22;1-25(2,3)19-15-16-21-23(24(19)26(4,5)6)22-18(13-10-14-20(22)27-21)17-11-8-7-9-12-17/h10-22H,1-9H3;4-21H,1-3H3;7-16H,1-6H3. The molecule has 0 spiro atoms. The molecule has 4 aromatic heterocycles. The summed E-state index contributed by atoms with van der Waals surface area (Å²) in [5.74, 6) is 0. The molecule has 0 atom stereocenters. The van der Waals surface area contributed by atoms with Crippen molar-refractivity contribution in [3.63, 3.8) is 0 Å². The predicted molar refractivity (Wildman–Crippen MR) is 429 cm³/mol. The Morgan fingerprint density at radius 3 is 0.950 bits per heavy atom. The normalized spacial score (nSPS) is 12.7. The summed E-state index contributed by atoms with van der Waals surface area (Å²) in [6, 6.07) is 89.1. The highest BCUT2D eigenvalue weighted by Crippen LogP contribution is 2.50. The van der Waals surface area contributed by atoms with Crippen molar-refractivity contribution in [2.75, 3.05) is 0 Å². The molecule has 16 rings (SSSR count). The highest BCUT2D eigenvalue weighted by molar-refractivity contribution is 6.18. The molecule has 0 saturated heterocycles. The molecule has 0 aliphatic heterocycles. The van der Waals surface area contributed by atoms with Gasteiger partial charge in [-0.3, -0.25) is 0 Å². The van der Waals surface area contributed by atoms with Crippen molar-refractivity contribution >= 4 is 87.6 Å². The average molecular weight is 1310 g/mol. The maximum atomic E-state index is 6.50. The summed E-state index contributed by atoms with van der Waals surface area (Å²) < 4.78 is 21.7. The van der Waals surface area contributed by atoms with Crippen LogP contribution in [0.15, 0.2) is 262 Å². The van der Waals surface area contributed by atoms with Gasteiger partial charge in [0, 0.05) is 43.1 Å². The summed E-state index contributed by atoms with van der Waals surface area (Å²) in [6.45, 7) is 41.6. The van der Waals surface area contributed by atoms with E-state index >= 15 is 0 Å². The molecule has 4 nitrogen and oxygen atoms in total. The molecule has 0 saturated carbocycles. The maximum absolute atomic E-state index is 6.50. The van der Waals surface area contributed by atoms with Gasteiger partial charge in [-0.2, -0.15) is 0 Å². The SMILES string of the molecule is CC(C)(C)c1c(-n2c3ccccc3c3ccccc32)ccc2oc3cccc(-c4ccccc4)c3c12.CC(C)(C)c1cc(-c2ccc3oc4cccc(-c5ccccc5)c4c3c2C(C)(C)C)cc(C(C)(C)C)c1.CC(C)(C)c1ccc2oc3cccc(-c4ccccc4)c3c2c1C(C)(C)C. The van der Waals surface area contributed by atoms with Crippen molar-refractivity contribution in [2.45, 2.75) is 157 Å². The zero-order valence-corrected chi connectivity index (χ0v) is 61.8. The van der Waals surface area contributed by atoms with Crippen LogP contribution in [0.4, 0.5) is 0 Å². The quantitative estimate of drug-likeness (QED) is 0.172. The summed E-state index contributed by atoms with van der Waals surface area (Å²) in [4.78, 5) is 0. The molecule has 0 fully saturated rings. The Morgan fingerprint density at radius 1 is 0.230 bits per heavy atom. The molecular formula is C96H95NO3. The van der Waals surface area contributed by atoms with E-state index in [2.05, 4.69) is 378 Å². The van der Waals surface area contributed by atoms with Crippen LogP contribution < -0.4 is 0 Å². The van der Waals surface area contributed by atoms with Gasteiger partial charge in [-0.05, 0) is 165 Å². The van der Waals surface area contributed by atoms with E-state index in [1.807, 2.05) is 0 Å². The van der Waals surface area contributed by atoms with Crippen LogP contribution in [0.1, 0.15) is 158 Å². The number of benzene rings is 12. The number of nitrogens with zero attached hydrogens (tertiary/aromatic N) is 1. The number of hydrogen-bond donors (Lipinski definition) is 0. The molecule has 0 unspecified atom stereocenters. The second-order valence-corrected chi connectivity index (χ2v) is 33.7. The van der Waals surface area contributed by atoms with Crippen molar-refractivity contribution in [2.24, 2.45) is 0 Å². The summed E-state index contributed by atoms with van der Waals surface area (Å²) >= 11 is 0. The van der Waals surface area contributed by atoms with E-state index in [9.17, 15) is 0 Å². The summed E-state index contributed by atoms with van der Waals surface area (Å²) in [5, 5.41) is 9.88. The van der Waals surface area contributed by atoms with Crippen LogP contribution in [0.2, 0.25) is 0 Å². The second kappa shape index (κ2) is 24.9. The third kappa shape index (κ3) is 12.2. The first kappa shape index (κ1) is 67.0. The second-order valence-electron chi connectivity index (χ2n) is 33.7. The Morgan fingerprint density at radius 2 is 0.570 bits per heavy atom. The summed E-state index contributed by atoms with van der Waals surface area (Å²) in [5.41, 5.74) is 27.4. The van der Waals surface area contributed by atoms with E-state index in [1.165, 1.54) is 138 Å². The molecule has 4 heterocycles. The Balaban J connectivity index is 0.000000129. The lowest BCUT2D eigenvalue weighted by Crippen LogP contribution is -2.22. The Hall–Kier alpha value is -10.2. The van der Waals surface area contributed by atoms with E-state index in [0.29, 0.717) is 0 Å². The Kier molecular flexibility index (Phi) is 16.7. The molecule has 502 valence electrons. The van der Waals surface area contributed by atoms with E-state index in [0.717, 1.165) is 33.5 Å². The molecule has 100 heavy (non-hydrogen) atoms. The Bertz CT molecular complexity index is 5660. The van der Waals surface area contributed by atoms with Gasteiger partial charge in [0.1, 0.15) is 33.5 Å². The molecule has 0 amide bonds. The highest BCUT2D eigenvalue weighted by atomic mass is 16.3. The molecule has 0 aliphatic carbocycles. The molecule has 4 heteroatoms. The molecule has 0 N–H and O–H groups in total. The fraction of sp³-hybridized carbons (Fsp3) is 0.250. The topological polar surface area (TPSA) is 44.4 Å².